The molecule has 1 N–H and O–H groups in total. The minimum Gasteiger partial charge on any atom is -0.478 e. The molecular weight excluding hydrogens is 248 g/mol. The minimum atomic E-state index is 0.624. The van der Waals surface area contributed by atoms with Gasteiger partial charge in [-0.3, -0.25) is 0 Å². The van der Waals surface area contributed by atoms with E-state index in [1.54, 1.807) is 6.20 Å². The van der Waals surface area contributed by atoms with Crippen molar-refractivity contribution < 1.29 is 4.74 Å². The highest BCUT2D eigenvalue weighted by molar-refractivity contribution is 6.31. The van der Waals surface area contributed by atoms with Gasteiger partial charge in [0, 0.05) is 17.6 Å². The van der Waals surface area contributed by atoms with E-state index < -0.39 is 0 Å². The molecule has 0 unspecified atom stereocenters. The fraction of sp³-hybridized carbons (Fsp3) is 0.214. The van der Waals surface area contributed by atoms with Gasteiger partial charge in [0.1, 0.15) is 0 Å². The van der Waals surface area contributed by atoms with Crippen molar-refractivity contribution >= 4 is 17.3 Å². The van der Waals surface area contributed by atoms with Crippen molar-refractivity contribution in [3.8, 4) is 5.88 Å². The van der Waals surface area contributed by atoms with Gasteiger partial charge < -0.3 is 10.1 Å². The zero-order valence-corrected chi connectivity index (χ0v) is 10.9. The quantitative estimate of drug-likeness (QED) is 0.891. The third kappa shape index (κ3) is 3.37. The summed E-state index contributed by atoms with van der Waals surface area (Å²) in [6, 6.07) is 11.6. The Morgan fingerprint density at radius 1 is 1.22 bits per heavy atom. The molecule has 2 aromatic rings. The number of aromatic nitrogens is 1. The summed E-state index contributed by atoms with van der Waals surface area (Å²) < 4.78 is 5.28. The van der Waals surface area contributed by atoms with Crippen molar-refractivity contribution in [2.24, 2.45) is 0 Å². The van der Waals surface area contributed by atoms with Gasteiger partial charge in [-0.2, -0.15) is 0 Å². The van der Waals surface area contributed by atoms with Gasteiger partial charge in [0.2, 0.25) is 5.88 Å². The molecular formula is C14H15ClN2O. The van der Waals surface area contributed by atoms with E-state index in [0.717, 1.165) is 16.3 Å². The van der Waals surface area contributed by atoms with Gasteiger partial charge in [0.25, 0.3) is 0 Å². The van der Waals surface area contributed by atoms with Crippen LogP contribution in [0.1, 0.15) is 12.5 Å². The Morgan fingerprint density at radius 3 is 2.72 bits per heavy atom. The standard InChI is InChI=1S/C14H15ClN2O/c1-2-18-14-8-7-12(10-17-14)16-9-11-5-3-4-6-13(11)15/h3-8,10,16H,2,9H2,1H3. The molecule has 1 aromatic carbocycles. The monoisotopic (exact) mass is 262 g/mol. The molecule has 0 bridgehead atoms. The lowest BCUT2D eigenvalue weighted by Crippen LogP contribution is -2.01. The summed E-state index contributed by atoms with van der Waals surface area (Å²) in [5, 5.41) is 4.04. The van der Waals surface area contributed by atoms with Gasteiger partial charge in [-0.15, -0.1) is 0 Å². The first-order chi connectivity index (χ1) is 8.79. The second-order valence-electron chi connectivity index (χ2n) is 3.76. The number of rotatable bonds is 5. The molecule has 0 saturated carbocycles. The maximum Gasteiger partial charge on any atom is 0.213 e. The van der Waals surface area contributed by atoms with E-state index in [2.05, 4.69) is 10.3 Å². The third-order valence-electron chi connectivity index (χ3n) is 2.47. The van der Waals surface area contributed by atoms with Crippen LogP contribution in [-0.4, -0.2) is 11.6 Å². The fourth-order valence-electron chi connectivity index (χ4n) is 1.56. The molecule has 1 aromatic heterocycles. The molecule has 0 amide bonds. The van der Waals surface area contributed by atoms with Crippen molar-refractivity contribution in [2.45, 2.75) is 13.5 Å². The highest BCUT2D eigenvalue weighted by Gasteiger charge is 1.99. The van der Waals surface area contributed by atoms with E-state index in [4.69, 9.17) is 16.3 Å². The first-order valence-electron chi connectivity index (χ1n) is 5.85. The van der Waals surface area contributed by atoms with Crippen LogP contribution in [0.2, 0.25) is 5.02 Å². The summed E-state index contributed by atoms with van der Waals surface area (Å²) in [5.41, 5.74) is 2.01. The number of pyridine rings is 1. The Morgan fingerprint density at radius 2 is 2.06 bits per heavy atom. The van der Waals surface area contributed by atoms with Crippen LogP contribution >= 0.6 is 11.6 Å². The summed E-state index contributed by atoms with van der Waals surface area (Å²) in [4.78, 5) is 4.19. The summed E-state index contributed by atoms with van der Waals surface area (Å²) in [5.74, 6) is 0.640. The lowest BCUT2D eigenvalue weighted by molar-refractivity contribution is 0.327. The van der Waals surface area contributed by atoms with Gasteiger partial charge in [-0.05, 0) is 24.6 Å². The Kier molecular flexibility index (Phi) is 4.42. The van der Waals surface area contributed by atoms with Crippen molar-refractivity contribution in [2.75, 3.05) is 11.9 Å². The zero-order chi connectivity index (χ0) is 12.8. The van der Waals surface area contributed by atoms with Crippen molar-refractivity contribution in [1.29, 1.82) is 0 Å². The lowest BCUT2D eigenvalue weighted by atomic mass is 10.2. The van der Waals surface area contributed by atoms with Gasteiger partial charge in [0.15, 0.2) is 0 Å². The first-order valence-corrected chi connectivity index (χ1v) is 6.23. The molecule has 0 atom stereocenters. The zero-order valence-electron chi connectivity index (χ0n) is 10.2. The maximum atomic E-state index is 6.08. The third-order valence-corrected chi connectivity index (χ3v) is 2.84. The molecule has 0 aliphatic rings. The molecule has 1 heterocycles. The van der Waals surface area contributed by atoms with E-state index in [0.29, 0.717) is 19.0 Å². The topological polar surface area (TPSA) is 34.1 Å². The highest BCUT2D eigenvalue weighted by atomic mass is 35.5. The molecule has 0 aliphatic heterocycles. The Balaban J connectivity index is 1.96. The van der Waals surface area contributed by atoms with E-state index in [9.17, 15) is 0 Å². The number of hydrogen-bond donors (Lipinski definition) is 1. The second-order valence-corrected chi connectivity index (χ2v) is 4.17. The predicted octanol–water partition coefficient (Wildman–Crippen LogP) is 3.75. The number of benzene rings is 1. The van der Waals surface area contributed by atoms with E-state index in [1.165, 1.54) is 0 Å². The molecule has 2 rings (SSSR count). The Labute approximate surface area is 112 Å². The van der Waals surface area contributed by atoms with Gasteiger partial charge in [0.05, 0.1) is 18.5 Å². The average Bonchev–Trinajstić information content (AvgIpc) is 2.40. The van der Waals surface area contributed by atoms with E-state index >= 15 is 0 Å². The summed E-state index contributed by atoms with van der Waals surface area (Å²) in [7, 11) is 0. The van der Waals surface area contributed by atoms with Crippen LogP contribution in [0.5, 0.6) is 5.88 Å². The number of nitrogens with one attached hydrogen (secondary N) is 1. The molecule has 18 heavy (non-hydrogen) atoms. The Hall–Kier alpha value is -1.74. The van der Waals surface area contributed by atoms with Crippen molar-refractivity contribution in [3.63, 3.8) is 0 Å². The van der Waals surface area contributed by atoms with Crippen LogP contribution < -0.4 is 10.1 Å². The van der Waals surface area contributed by atoms with E-state index in [1.807, 2.05) is 43.3 Å². The number of anilines is 1. The number of ether oxygens (including phenoxy) is 1. The molecule has 0 radical (unpaired) electrons. The molecule has 3 nitrogen and oxygen atoms in total. The smallest absolute Gasteiger partial charge is 0.213 e. The van der Waals surface area contributed by atoms with Crippen LogP contribution in [0.25, 0.3) is 0 Å². The summed E-state index contributed by atoms with van der Waals surface area (Å²) in [6.45, 7) is 3.24. The first kappa shape index (κ1) is 12.7. The minimum absolute atomic E-state index is 0.624. The summed E-state index contributed by atoms with van der Waals surface area (Å²) in [6.07, 6.45) is 1.75. The SMILES string of the molecule is CCOc1ccc(NCc2ccccc2Cl)cn1. The van der Waals surface area contributed by atoms with E-state index in [-0.39, 0.29) is 0 Å². The Bertz CT molecular complexity index is 499. The van der Waals surface area contributed by atoms with Gasteiger partial charge in [-0.25, -0.2) is 4.98 Å². The lowest BCUT2D eigenvalue weighted by Gasteiger charge is -2.08. The van der Waals surface area contributed by atoms with Crippen LogP contribution in [0.3, 0.4) is 0 Å². The van der Waals surface area contributed by atoms with Crippen LogP contribution in [0.15, 0.2) is 42.6 Å². The molecule has 94 valence electrons. The van der Waals surface area contributed by atoms with Gasteiger partial charge >= 0.3 is 0 Å². The van der Waals surface area contributed by atoms with Crippen LogP contribution in [-0.2, 0) is 6.54 Å². The van der Waals surface area contributed by atoms with Crippen molar-refractivity contribution in [1.82, 2.24) is 4.98 Å². The molecule has 0 saturated heterocycles. The normalized spacial score (nSPS) is 10.1. The summed E-state index contributed by atoms with van der Waals surface area (Å²) >= 11 is 6.08. The second kappa shape index (κ2) is 6.26. The number of hydrogen-bond acceptors (Lipinski definition) is 3. The maximum absolute atomic E-state index is 6.08. The average molecular weight is 263 g/mol. The molecule has 0 aliphatic carbocycles. The molecule has 4 heteroatoms. The highest BCUT2D eigenvalue weighted by Crippen LogP contribution is 2.17. The number of halogens is 1. The predicted molar refractivity (Wildman–Crippen MR) is 74.2 cm³/mol. The molecule has 0 fully saturated rings. The number of nitrogens with zero attached hydrogens (tertiary/aromatic N) is 1. The fourth-order valence-corrected chi connectivity index (χ4v) is 1.76. The van der Waals surface area contributed by atoms with Crippen molar-refractivity contribution in [3.05, 3.63) is 53.2 Å². The van der Waals surface area contributed by atoms with Crippen LogP contribution in [0.4, 0.5) is 5.69 Å². The van der Waals surface area contributed by atoms with Gasteiger partial charge in [-0.1, -0.05) is 29.8 Å². The largest absolute Gasteiger partial charge is 0.478 e. The van der Waals surface area contributed by atoms with Crippen LogP contribution in [0, 0.1) is 0 Å². The molecule has 0 spiro atoms.